The summed E-state index contributed by atoms with van der Waals surface area (Å²) in [6, 6.07) is 47.3. The van der Waals surface area contributed by atoms with E-state index in [1.165, 1.54) is 17.5 Å². The minimum absolute atomic E-state index is 0.334. The maximum atomic E-state index is 10.0. The summed E-state index contributed by atoms with van der Waals surface area (Å²) in [5.74, 6) is 0. The number of aromatic nitrogens is 2. The predicted molar refractivity (Wildman–Crippen MR) is 162 cm³/mol. The smallest absolute Gasteiger partial charge is 0.167 e. The van der Waals surface area contributed by atoms with Crippen molar-refractivity contribution in [2.24, 2.45) is 0 Å². The fourth-order valence-electron chi connectivity index (χ4n) is 6.76. The van der Waals surface area contributed by atoms with Gasteiger partial charge in [-0.2, -0.15) is 5.26 Å². The Morgan fingerprint density at radius 2 is 0.951 bits per heavy atom. The number of hydrogen-bond acceptors (Lipinski definition) is 5. The second-order valence-electron chi connectivity index (χ2n) is 10.2. The quantitative estimate of drug-likeness (QED) is 0.227. The Labute approximate surface area is 238 Å². The Hall–Kier alpha value is -5.73. The number of nitrogens with zero attached hydrogens (tertiary/aromatic N) is 5. The van der Waals surface area contributed by atoms with Gasteiger partial charge in [0.15, 0.2) is 5.69 Å². The first-order chi connectivity index (χ1) is 20.3. The zero-order valence-corrected chi connectivity index (χ0v) is 22.0. The number of rotatable bonds is 2. The molecule has 2 aliphatic rings. The molecule has 8 rings (SSSR count). The van der Waals surface area contributed by atoms with Crippen LogP contribution in [0.2, 0.25) is 0 Å². The molecule has 1 spiro atoms. The van der Waals surface area contributed by atoms with Gasteiger partial charge in [0, 0.05) is 5.69 Å². The van der Waals surface area contributed by atoms with Gasteiger partial charge in [-0.15, -0.1) is 0 Å². The molecule has 5 aromatic carbocycles. The molecule has 5 heteroatoms. The van der Waals surface area contributed by atoms with Crippen LogP contribution in [0.1, 0.15) is 27.9 Å². The van der Waals surface area contributed by atoms with Crippen LogP contribution in [-0.4, -0.2) is 9.97 Å². The van der Waals surface area contributed by atoms with Crippen LogP contribution in [0.3, 0.4) is 0 Å². The van der Waals surface area contributed by atoms with Gasteiger partial charge in [-0.3, -0.25) is 0 Å². The predicted octanol–water partition coefficient (Wildman–Crippen LogP) is 8.30. The largest absolute Gasteiger partial charge is 0.310 e. The third-order valence-corrected chi connectivity index (χ3v) is 8.25. The highest BCUT2D eigenvalue weighted by molar-refractivity contribution is 5.96. The summed E-state index contributed by atoms with van der Waals surface area (Å²) < 4.78 is 0. The lowest BCUT2D eigenvalue weighted by atomic mass is 9.60. The molecule has 0 fully saturated rings. The number of benzene rings is 5. The van der Waals surface area contributed by atoms with E-state index in [0.717, 1.165) is 39.6 Å². The van der Waals surface area contributed by atoms with E-state index in [4.69, 9.17) is 0 Å². The molecule has 0 N–H and O–H groups in total. The van der Waals surface area contributed by atoms with Crippen LogP contribution in [0, 0.1) is 11.3 Å². The average Bonchev–Trinajstić information content (AvgIpc) is 3.05. The number of nitriles is 1. The standard InChI is InChI=1S/C36H23N5/c37-22-30-35(23-38-24-39-30)41-33-20-10-6-16-28(33)36(29-17-7-11-21-34(29)41)26-14-4-8-18-31(26)40(25-12-2-1-3-13-25)32-19-9-5-15-27(32)36/h1-21,23-24H. The first-order valence-electron chi connectivity index (χ1n) is 13.6. The summed E-state index contributed by atoms with van der Waals surface area (Å²) in [4.78, 5) is 13.1. The van der Waals surface area contributed by atoms with Gasteiger partial charge in [0.25, 0.3) is 0 Å². The van der Waals surface area contributed by atoms with Crippen molar-refractivity contribution in [2.75, 3.05) is 9.80 Å². The van der Waals surface area contributed by atoms with Crippen molar-refractivity contribution in [3.8, 4) is 6.07 Å². The van der Waals surface area contributed by atoms with Crippen molar-refractivity contribution < 1.29 is 0 Å². The van der Waals surface area contributed by atoms with E-state index < -0.39 is 5.41 Å². The number of hydrogen-bond donors (Lipinski definition) is 0. The minimum atomic E-state index is -0.607. The first kappa shape index (κ1) is 23.2. The van der Waals surface area contributed by atoms with Gasteiger partial charge in [-0.25, -0.2) is 9.97 Å². The fourth-order valence-corrected chi connectivity index (χ4v) is 6.76. The molecule has 0 amide bonds. The normalized spacial score (nSPS) is 13.9. The fraction of sp³-hybridized carbons (Fsp3) is 0.0278. The Bertz CT molecular complexity index is 1900. The Morgan fingerprint density at radius 3 is 1.44 bits per heavy atom. The summed E-state index contributed by atoms with van der Waals surface area (Å²) in [5.41, 5.74) is 10.4. The van der Waals surface area contributed by atoms with Crippen molar-refractivity contribution in [3.05, 3.63) is 168 Å². The van der Waals surface area contributed by atoms with Crippen LogP contribution in [0.25, 0.3) is 0 Å². The van der Waals surface area contributed by atoms with Gasteiger partial charge in [-0.05, 0) is 58.7 Å². The number of fused-ring (bicyclic) bond motifs is 8. The molecule has 5 nitrogen and oxygen atoms in total. The molecule has 0 unspecified atom stereocenters. The number of anilines is 6. The van der Waals surface area contributed by atoms with Gasteiger partial charge in [0.1, 0.15) is 18.1 Å². The molecule has 0 atom stereocenters. The van der Waals surface area contributed by atoms with Crippen molar-refractivity contribution in [2.45, 2.75) is 5.41 Å². The molecule has 192 valence electrons. The third-order valence-electron chi connectivity index (χ3n) is 8.25. The molecule has 6 aromatic rings. The zero-order chi connectivity index (χ0) is 27.4. The van der Waals surface area contributed by atoms with Crippen LogP contribution >= 0.6 is 0 Å². The SMILES string of the molecule is N#Cc1ncncc1N1c2ccccc2C2(c3ccccc3N(c3ccccc3)c3ccccc32)c2ccccc21. The third kappa shape index (κ3) is 3.10. The lowest BCUT2D eigenvalue weighted by Crippen LogP contribution is -2.42. The molecular weight excluding hydrogens is 502 g/mol. The van der Waals surface area contributed by atoms with Gasteiger partial charge >= 0.3 is 0 Å². The highest BCUT2D eigenvalue weighted by atomic mass is 15.2. The molecule has 2 aliphatic heterocycles. The van der Waals surface area contributed by atoms with E-state index in [0.29, 0.717) is 11.4 Å². The van der Waals surface area contributed by atoms with Gasteiger partial charge in [0.05, 0.1) is 34.4 Å². The van der Waals surface area contributed by atoms with E-state index >= 15 is 0 Å². The van der Waals surface area contributed by atoms with E-state index in [2.05, 4.69) is 153 Å². The van der Waals surface area contributed by atoms with Gasteiger partial charge in [-0.1, -0.05) is 91.0 Å². The Morgan fingerprint density at radius 1 is 0.512 bits per heavy atom. The van der Waals surface area contributed by atoms with Crippen molar-refractivity contribution in [3.63, 3.8) is 0 Å². The molecule has 0 radical (unpaired) electrons. The van der Waals surface area contributed by atoms with E-state index in [1.807, 2.05) is 0 Å². The van der Waals surface area contributed by atoms with Crippen LogP contribution in [-0.2, 0) is 5.41 Å². The summed E-state index contributed by atoms with van der Waals surface area (Å²) in [5, 5.41) is 10.0. The highest BCUT2D eigenvalue weighted by Gasteiger charge is 2.51. The maximum Gasteiger partial charge on any atom is 0.167 e. The van der Waals surface area contributed by atoms with Crippen LogP contribution in [0.5, 0.6) is 0 Å². The van der Waals surface area contributed by atoms with Crippen molar-refractivity contribution in [1.29, 1.82) is 5.26 Å². The minimum Gasteiger partial charge on any atom is -0.310 e. The lowest BCUT2D eigenvalue weighted by molar-refractivity contribution is 0.718. The molecule has 0 saturated heterocycles. The van der Waals surface area contributed by atoms with E-state index in [-0.39, 0.29) is 0 Å². The lowest BCUT2D eigenvalue weighted by Gasteiger charge is -2.51. The summed E-state index contributed by atoms with van der Waals surface area (Å²) >= 11 is 0. The van der Waals surface area contributed by atoms with E-state index in [9.17, 15) is 5.26 Å². The molecular formula is C36H23N5. The van der Waals surface area contributed by atoms with Crippen LogP contribution in [0.15, 0.2) is 140 Å². The molecule has 41 heavy (non-hydrogen) atoms. The van der Waals surface area contributed by atoms with Crippen molar-refractivity contribution in [1.82, 2.24) is 9.97 Å². The van der Waals surface area contributed by atoms with Gasteiger partial charge < -0.3 is 9.80 Å². The molecule has 0 saturated carbocycles. The highest BCUT2D eigenvalue weighted by Crippen LogP contribution is 2.63. The molecule has 0 aliphatic carbocycles. The number of para-hydroxylation sites is 5. The molecule has 3 heterocycles. The Kier molecular flexibility index (Phi) is 5.03. The second-order valence-corrected chi connectivity index (χ2v) is 10.2. The van der Waals surface area contributed by atoms with Crippen molar-refractivity contribution >= 4 is 34.1 Å². The van der Waals surface area contributed by atoms with Gasteiger partial charge in [0.2, 0.25) is 0 Å². The van der Waals surface area contributed by atoms with Crippen LogP contribution < -0.4 is 9.80 Å². The van der Waals surface area contributed by atoms with Crippen LogP contribution in [0.4, 0.5) is 34.1 Å². The summed E-state index contributed by atoms with van der Waals surface area (Å²) in [6.07, 6.45) is 3.16. The molecule has 1 aromatic heterocycles. The average molecular weight is 526 g/mol. The molecule has 0 bridgehead atoms. The summed E-state index contributed by atoms with van der Waals surface area (Å²) in [7, 11) is 0. The Balaban J connectivity index is 1.53. The maximum absolute atomic E-state index is 10.0. The topological polar surface area (TPSA) is 56.1 Å². The van der Waals surface area contributed by atoms with E-state index in [1.54, 1.807) is 6.20 Å². The zero-order valence-electron chi connectivity index (χ0n) is 22.0. The second kappa shape index (κ2) is 8.90. The first-order valence-corrected chi connectivity index (χ1v) is 13.6. The summed E-state index contributed by atoms with van der Waals surface area (Å²) in [6.45, 7) is 0. The monoisotopic (exact) mass is 525 g/mol.